The zero-order valence-corrected chi connectivity index (χ0v) is 15.8. The summed E-state index contributed by atoms with van der Waals surface area (Å²) in [6.07, 6.45) is 5.97. The molecule has 0 unspecified atom stereocenters. The first-order valence-electron chi connectivity index (χ1n) is 8.11. The van der Waals surface area contributed by atoms with Crippen LogP contribution in [0, 0.1) is 0 Å². The highest BCUT2D eigenvalue weighted by atomic mass is 79.9. The second-order valence-corrected chi connectivity index (χ2v) is 6.69. The van der Waals surface area contributed by atoms with Crippen LogP contribution in [-0.4, -0.2) is 43.6 Å². The Morgan fingerprint density at radius 3 is 2.52 bits per heavy atom. The fraction of sp³-hybridized carbons (Fsp3) is 0.647. The first-order chi connectivity index (χ1) is 10.7. The molecule has 0 heterocycles. The van der Waals surface area contributed by atoms with E-state index in [-0.39, 0.29) is 12.4 Å². The number of halogens is 2. The van der Waals surface area contributed by atoms with Gasteiger partial charge in [-0.15, -0.1) is 12.4 Å². The van der Waals surface area contributed by atoms with Gasteiger partial charge in [0.15, 0.2) is 0 Å². The van der Waals surface area contributed by atoms with Crippen LogP contribution in [0.25, 0.3) is 0 Å². The fourth-order valence-electron chi connectivity index (χ4n) is 2.64. The summed E-state index contributed by atoms with van der Waals surface area (Å²) in [5, 5.41) is 13.3. The molecular weight excluding hydrogens is 382 g/mol. The van der Waals surface area contributed by atoms with E-state index in [1.807, 2.05) is 24.3 Å². The van der Waals surface area contributed by atoms with Crippen LogP contribution >= 0.6 is 28.3 Å². The summed E-state index contributed by atoms with van der Waals surface area (Å²) in [6, 6.07) is 8.28. The number of ether oxygens (including phenoxy) is 2. The minimum atomic E-state index is -0.449. The summed E-state index contributed by atoms with van der Waals surface area (Å²) >= 11 is 3.38. The first-order valence-corrected chi connectivity index (χ1v) is 8.91. The van der Waals surface area contributed by atoms with Gasteiger partial charge in [0.2, 0.25) is 0 Å². The molecule has 2 rings (SSSR count). The molecule has 1 fully saturated rings. The third kappa shape index (κ3) is 8.91. The van der Waals surface area contributed by atoms with Crippen molar-refractivity contribution >= 4 is 28.3 Å². The Balaban J connectivity index is 0.00000264. The summed E-state index contributed by atoms with van der Waals surface area (Å²) in [6.45, 7) is 1.93. The van der Waals surface area contributed by atoms with E-state index in [1.54, 1.807) is 0 Å². The molecule has 2 N–H and O–H groups in total. The van der Waals surface area contributed by atoms with Crippen molar-refractivity contribution in [3.63, 3.8) is 0 Å². The van der Waals surface area contributed by atoms with Gasteiger partial charge in [0, 0.05) is 17.1 Å². The van der Waals surface area contributed by atoms with Crippen molar-refractivity contribution in [1.82, 2.24) is 5.32 Å². The maximum atomic E-state index is 9.89. The van der Waals surface area contributed by atoms with Gasteiger partial charge in [0.25, 0.3) is 0 Å². The van der Waals surface area contributed by atoms with Crippen LogP contribution in [0.5, 0.6) is 5.75 Å². The quantitative estimate of drug-likeness (QED) is 0.614. The van der Waals surface area contributed by atoms with Crippen LogP contribution in [0.15, 0.2) is 28.7 Å². The van der Waals surface area contributed by atoms with E-state index in [0.717, 1.165) is 10.2 Å². The van der Waals surface area contributed by atoms with E-state index in [2.05, 4.69) is 21.2 Å². The van der Waals surface area contributed by atoms with Crippen molar-refractivity contribution in [3.8, 4) is 5.75 Å². The van der Waals surface area contributed by atoms with Gasteiger partial charge in [-0.3, -0.25) is 0 Å². The van der Waals surface area contributed by atoms with Crippen molar-refractivity contribution in [1.29, 1.82) is 0 Å². The van der Waals surface area contributed by atoms with E-state index in [4.69, 9.17) is 9.47 Å². The number of benzene rings is 1. The Hall–Kier alpha value is -0.330. The molecule has 1 aliphatic rings. The molecule has 1 aromatic carbocycles. The molecule has 23 heavy (non-hydrogen) atoms. The largest absolute Gasteiger partial charge is 0.491 e. The molecule has 1 atom stereocenters. The van der Waals surface area contributed by atoms with Crippen LogP contribution in [0.3, 0.4) is 0 Å². The zero-order chi connectivity index (χ0) is 15.6. The minimum absolute atomic E-state index is 0. The van der Waals surface area contributed by atoms with Gasteiger partial charge >= 0.3 is 0 Å². The molecular formula is C17H27BrClNO3. The number of rotatable bonds is 9. The topological polar surface area (TPSA) is 50.7 Å². The highest BCUT2D eigenvalue weighted by molar-refractivity contribution is 9.10. The summed E-state index contributed by atoms with van der Waals surface area (Å²) in [7, 11) is 0. The molecule has 6 heteroatoms. The van der Waals surface area contributed by atoms with Gasteiger partial charge in [0.1, 0.15) is 12.4 Å². The molecule has 0 spiro atoms. The third-order valence-electron chi connectivity index (χ3n) is 3.87. The van der Waals surface area contributed by atoms with Crippen LogP contribution < -0.4 is 10.1 Å². The van der Waals surface area contributed by atoms with Gasteiger partial charge < -0.3 is 19.9 Å². The first kappa shape index (κ1) is 20.7. The Morgan fingerprint density at radius 2 is 1.83 bits per heavy atom. The summed E-state index contributed by atoms with van der Waals surface area (Å²) < 4.78 is 12.0. The van der Waals surface area contributed by atoms with E-state index in [0.29, 0.717) is 32.4 Å². The summed E-state index contributed by atoms with van der Waals surface area (Å²) in [5.41, 5.74) is 0. The van der Waals surface area contributed by atoms with Crippen LogP contribution in [0.4, 0.5) is 0 Å². The Bertz CT molecular complexity index is 413. The SMILES string of the molecule is Cl.O[C@H](CNC1CCCCC1)COCCOc1ccc(Br)cc1. The molecule has 0 radical (unpaired) electrons. The fourth-order valence-corrected chi connectivity index (χ4v) is 2.90. The standard InChI is InChI=1S/C17H26BrNO3.ClH/c18-14-6-8-17(9-7-14)22-11-10-21-13-16(20)12-19-15-4-2-1-3-5-15;/h6-9,15-16,19-20H,1-5,10-13H2;1H/t16-;/m1./s1. The van der Waals surface area contributed by atoms with E-state index < -0.39 is 6.10 Å². The van der Waals surface area contributed by atoms with Gasteiger partial charge in [-0.25, -0.2) is 0 Å². The molecule has 1 saturated carbocycles. The molecule has 0 amide bonds. The van der Waals surface area contributed by atoms with Crippen molar-refractivity contribution < 1.29 is 14.6 Å². The average Bonchev–Trinajstić information content (AvgIpc) is 2.55. The second-order valence-electron chi connectivity index (χ2n) is 5.77. The highest BCUT2D eigenvalue weighted by Gasteiger charge is 2.14. The maximum Gasteiger partial charge on any atom is 0.119 e. The second kappa shape index (κ2) is 12.1. The zero-order valence-electron chi connectivity index (χ0n) is 13.4. The van der Waals surface area contributed by atoms with Crippen LogP contribution in [-0.2, 0) is 4.74 Å². The lowest BCUT2D eigenvalue weighted by Crippen LogP contribution is -2.38. The molecule has 4 nitrogen and oxygen atoms in total. The third-order valence-corrected chi connectivity index (χ3v) is 4.40. The lowest BCUT2D eigenvalue weighted by atomic mass is 9.95. The van der Waals surface area contributed by atoms with Gasteiger partial charge in [-0.05, 0) is 37.1 Å². The van der Waals surface area contributed by atoms with Crippen molar-refractivity contribution in [2.75, 3.05) is 26.4 Å². The Kier molecular flexibility index (Phi) is 10.9. The minimum Gasteiger partial charge on any atom is -0.491 e. The van der Waals surface area contributed by atoms with Gasteiger partial charge in [-0.1, -0.05) is 35.2 Å². The normalized spacial score (nSPS) is 16.6. The maximum absolute atomic E-state index is 9.89. The van der Waals surface area contributed by atoms with E-state index in [9.17, 15) is 5.11 Å². The van der Waals surface area contributed by atoms with Crippen molar-refractivity contribution in [2.45, 2.75) is 44.2 Å². The van der Waals surface area contributed by atoms with Crippen molar-refractivity contribution in [3.05, 3.63) is 28.7 Å². The number of aliphatic hydroxyl groups excluding tert-OH is 1. The molecule has 0 bridgehead atoms. The number of hydrogen-bond donors (Lipinski definition) is 2. The average molecular weight is 409 g/mol. The number of nitrogens with one attached hydrogen (secondary N) is 1. The van der Waals surface area contributed by atoms with E-state index >= 15 is 0 Å². The molecule has 0 aliphatic heterocycles. The molecule has 1 aliphatic carbocycles. The summed E-state index contributed by atoms with van der Waals surface area (Å²) in [5.74, 6) is 0.825. The van der Waals surface area contributed by atoms with E-state index in [1.165, 1.54) is 32.1 Å². The predicted octanol–water partition coefficient (Wildman–Crippen LogP) is 3.55. The monoisotopic (exact) mass is 407 g/mol. The van der Waals surface area contributed by atoms with Crippen LogP contribution in [0.2, 0.25) is 0 Å². The number of aliphatic hydroxyl groups is 1. The van der Waals surface area contributed by atoms with Crippen molar-refractivity contribution in [2.24, 2.45) is 0 Å². The lowest BCUT2D eigenvalue weighted by molar-refractivity contribution is 0.0235. The predicted molar refractivity (Wildman–Crippen MR) is 98.6 cm³/mol. The summed E-state index contributed by atoms with van der Waals surface area (Å²) in [4.78, 5) is 0. The number of hydrogen-bond acceptors (Lipinski definition) is 4. The van der Waals surface area contributed by atoms with Gasteiger partial charge in [-0.2, -0.15) is 0 Å². The molecule has 0 saturated heterocycles. The highest BCUT2D eigenvalue weighted by Crippen LogP contribution is 2.17. The molecule has 132 valence electrons. The van der Waals surface area contributed by atoms with Gasteiger partial charge in [0.05, 0.1) is 19.3 Å². The molecule has 1 aromatic rings. The lowest BCUT2D eigenvalue weighted by Gasteiger charge is -2.24. The Labute approximate surface area is 153 Å². The Morgan fingerprint density at radius 1 is 1.13 bits per heavy atom. The molecule has 0 aromatic heterocycles. The van der Waals surface area contributed by atoms with Crippen LogP contribution in [0.1, 0.15) is 32.1 Å². The smallest absolute Gasteiger partial charge is 0.119 e.